The highest BCUT2D eigenvalue weighted by atomic mass is 16.5. The molecule has 180 valence electrons. The van der Waals surface area contributed by atoms with Gasteiger partial charge in [0.25, 0.3) is 5.56 Å². The fourth-order valence-corrected chi connectivity index (χ4v) is 3.27. The molecule has 0 fully saturated rings. The van der Waals surface area contributed by atoms with E-state index in [1.807, 2.05) is 26.0 Å². The summed E-state index contributed by atoms with van der Waals surface area (Å²) in [7, 11) is 1.35. The zero-order valence-corrected chi connectivity index (χ0v) is 19.5. The number of carbonyl (C=O) groups excluding carboxylic acids is 1. The first kappa shape index (κ1) is 23.6. The van der Waals surface area contributed by atoms with Crippen LogP contribution in [0.5, 0.6) is 5.75 Å². The first-order valence-corrected chi connectivity index (χ1v) is 11.0. The van der Waals surface area contributed by atoms with Gasteiger partial charge in [-0.15, -0.1) is 0 Å². The van der Waals surface area contributed by atoms with Crippen molar-refractivity contribution in [2.75, 3.05) is 11.9 Å². The van der Waals surface area contributed by atoms with Gasteiger partial charge in [0.2, 0.25) is 17.6 Å². The molecule has 0 bridgehead atoms. The SMILES string of the molecule is CCOc1ccc(NC(=O)CCc2nc(-c3nn(-c4ccc(C)cc4)c(=O)n(C)c3=O)no2)cc1. The highest BCUT2D eigenvalue weighted by Gasteiger charge is 2.19. The molecule has 1 amide bonds. The monoisotopic (exact) mass is 476 g/mol. The van der Waals surface area contributed by atoms with Gasteiger partial charge in [0.1, 0.15) is 5.75 Å². The van der Waals surface area contributed by atoms with Crippen molar-refractivity contribution in [2.24, 2.45) is 7.05 Å². The number of benzene rings is 2. The van der Waals surface area contributed by atoms with Crippen LogP contribution in [0.4, 0.5) is 5.69 Å². The zero-order valence-electron chi connectivity index (χ0n) is 19.5. The molecule has 0 saturated carbocycles. The van der Waals surface area contributed by atoms with Gasteiger partial charge in [0.05, 0.1) is 12.3 Å². The van der Waals surface area contributed by atoms with Gasteiger partial charge in [-0.3, -0.25) is 14.2 Å². The van der Waals surface area contributed by atoms with Crippen LogP contribution in [-0.4, -0.2) is 37.0 Å². The number of nitrogens with zero attached hydrogens (tertiary/aromatic N) is 5. The van der Waals surface area contributed by atoms with Crippen LogP contribution >= 0.6 is 0 Å². The minimum atomic E-state index is -0.654. The summed E-state index contributed by atoms with van der Waals surface area (Å²) in [6.07, 6.45) is 0.247. The van der Waals surface area contributed by atoms with Gasteiger partial charge in [-0.2, -0.15) is 14.8 Å². The number of hydrogen-bond acceptors (Lipinski definition) is 8. The van der Waals surface area contributed by atoms with Crippen molar-refractivity contribution in [3.05, 3.63) is 80.8 Å². The number of ether oxygens (including phenoxy) is 1. The average Bonchev–Trinajstić information content (AvgIpc) is 3.32. The summed E-state index contributed by atoms with van der Waals surface area (Å²) in [5, 5.41) is 10.8. The Kier molecular flexibility index (Phi) is 6.86. The molecule has 2 aromatic carbocycles. The smallest absolute Gasteiger partial charge is 0.351 e. The lowest BCUT2D eigenvalue weighted by Gasteiger charge is -2.08. The first-order valence-electron chi connectivity index (χ1n) is 11.0. The fraction of sp³-hybridized carbons (Fsp3) is 0.250. The summed E-state index contributed by atoms with van der Waals surface area (Å²) >= 11 is 0. The lowest BCUT2D eigenvalue weighted by Crippen LogP contribution is -2.40. The molecular formula is C24H24N6O5. The van der Waals surface area contributed by atoms with E-state index in [2.05, 4.69) is 20.6 Å². The summed E-state index contributed by atoms with van der Waals surface area (Å²) in [5.41, 5.74) is 0.752. The van der Waals surface area contributed by atoms with Crippen LogP contribution in [0, 0.1) is 6.92 Å². The minimum absolute atomic E-state index is 0.0617. The molecule has 4 rings (SSSR count). The summed E-state index contributed by atoms with van der Waals surface area (Å²) in [6.45, 7) is 4.38. The Balaban J connectivity index is 1.48. The molecule has 1 N–H and O–H groups in total. The molecule has 0 aliphatic rings. The highest BCUT2D eigenvalue weighted by Crippen LogP contribution is 2.16. The van der Waals surface area contributed by atoms with Crippen molar-refractivity contribution in [1.29, 1.82) is 0 Å². The molecule has 0 unspecified atom stereocenters. The third-order valence-corrected chi connectivity index (χ3v) is 5.15. The third-order valence-electron chi connectivity index (χ3n) is 5.15. The van der Waals surface area contributed by atoms with Crippen molar-refractivity contribution >= 4 is 11.6 Å². The predicted molar refractivity (Wildman–Crippen MR) is 128 cm³/mol. The Morgan fingerprint density at radius 3 is 2.49 bits per heavy atom. The Bertz CT molecular complexity index is 1450. The molecule has 2 heterocycles. The van der Waals surface area contributed by atoms with Gasteiger partial charge in [-0.1, -0.05) is 22.9 Å². The van der Waals surface area contributed by atoms with E-state index >= 15 is 0 Å². The van der Waals surface area contributed by atoms with Gasteiger partial charge in [0, 0.05) is 25.6 Å². The molecule has 0 aliphatic heterocycles. The van der Waals surface area contributed by atoms with E-state index in [1.54, 1.807) is 36.4 Å². The van der Waals surface area contributed by atoms with E-state index in [9.17, 15) is 14.4 Å². The molecular weight excluding hydrogens is 452 g/mol. The van der Waals surface area contributed by atoms with Crippen LogP contribution < -0.4 is 21.3 Å². The maximum Gasteiger partial charge on any atom is 0.351 e. The summed E-state index contributed by atoms with van der Waals surface area (Å²) < 4.78 is 12.6. The second-order valence-electron chi connectivity index (χ2n) is 7.76. The first-order chi connectivity index (χ1) is 16.9. The van der Waals surface area contributed by atoms with Crippen LogP contribution in [0.3, 0.4) is 0 Å². The van der Waals surface area contributed by atoms with Crippen molar-refractivity contribution < 1.29 is 14.1 Å². The molecule has 0 radical (unpaired) electrons. The number of rotatable bonds is 8. The zero-order chi connectivity index (χ0) is 24.9. The number of hydrogen-bond donors (Lipinski definition) is 1. The van der Waals surface area contributed by atoms with E-state index in [0.29, 0.717) is 18.0 Å². The molecule has 0 saturated heterocycles. The second kappa shape index (κ2) is 10.2. The predicted octanol–water partition coefficient (Wildman–Crippen LogP) is 2.26. The van der Waals surface area contributed by atoms with Crippen molar-refractivity contribution in [2.45, 2.75) is 26.7 Å². The number of aryl methyl sites for hydroxylation is 2. The molecule has 2 aromatic heterocycles. The Labute approximate surface area is 200 Å². The highest BCUT2D eigenvalue weighted by molar-refractivity contribution is 5.90. The topological polar surface area (TPSA) is 134 Å². The van der Waals surface area contributed by atoms with Crippen molar-refractivity contribution in [3.63, 3.8) is 0 Å². The van der Waals surface area contributed by atoms with Crippen LogP contribution in [0.1, 0.15) is 24.8 Å². The van der Waals surface area contributed by atoms with Crippen molar-refractivity contribution in [3.8, 4) is 23.0 Å². The number of aromatic nitrogens is 5. The summed E-state index contributed by atoms with van der Waals surface area (Å²) in [6, 6.07) is 14.2. The largest absolute Gasteiger partial charge is 0.494 e. The second-order valence-corrected chi connectivity index (χ2v) is 7.76. The Hall–Kier alpha value is -4.54. The third kappa shape index (κ3) is 5.35. The number of amides is 1. The quantitative estimate of drug-likeness (QED) is 0.409. The molecule has 35 heavy (non-hydrogen) atoms. The summed E-state index contributed by atoms with van der Waals surface area (Å²) in [4.78, 5) is 41.8. The number of carbonyl (C=O) groups is 1. The van der Waals surface area contributed by atoms with Gasteiger partial charge < -0.3 is 14.6 Å². The molecule has 0 spiro atoms. The van der Waals surface area contributed by atoms with E-state index in [-0.39, 0.29) is 36.2 Å². The van der Waals surface area contributed by atoms with Crippen LogP contribution in [0.15, 0.2) is 62.6 Å². The van der Waals surface area contributed by atoms with Gasteiger partial charge >= 0.3 is 5.69 Å². The maximum absolute atomic E-state index is 12.7. The lowest BCUT2D eigenvalue weighted by atomic mass is 10.2. The van der Waals surface area contributed by atoms with Crippen molar-refractivity contribution in [1.82, 2.24) is 24.5 Å². The van der Waals surface area contributed by atoms with Gasteiger partial charge in [-0.05, 0) is 50.2 Å². The van der Waals surface area contributed by atoms with Crippen LogP contribution in [0.2, 0.25) is 0 Å². The number of anilines is 1. The molecule has 0 atom stereocenters. The van der Waals surface area contributed by atoms with E-state index in [1.165, 1.54) is 7.05 Å². The van der Waals surface area contributed by atoms with Gasteiger partial charge in [-0.25, -0.2) is 4.79 Å². The standard InChI is InChI=1S/C24H24N6O5/c1-4-34-18-11-7-16(8-12-18)25-19(31)13-14-20-26-22(28-35-20)21-23(32)29(3)24(33)30(27-21)17-9-5-15(2)6-10-17/h5-12H,4,13-14H2,1-3H3,(H,25,31). The maximum atomic E-state index is 12.7. The average molecular weight is 476 g/mol. The minimum Gasteiger partial charge on any atom is -0.494 e. The van der Waals surface area contributed by atoms with E-state index in [4.69, 9.17) is 9.26 Å². The van der Waals surface area contributed by atoms with Crippen LogP contribution in [-0.2, 0) is 18.3 Å². The Morgan fingerprint density at radius 2 is 1.80 bits per heavy atom. The normalized spacial score (nSPS) is 10.8. The van der Waals surface area contributed by atoms with E-state index in [0.717, 1.165) is 20.6 Å². The lowest BCUT2D eigenvalue weighted by molar-refractivity contribution is -0.116. The molecule has 4 aromatic rings. The molecule has 11 heteroatoms. The molecule has 11 nitrogen and oxygen atoms in total. The number of nitrogens with one attached hydrogen (secondary N) is 1. The summed E-state index contributed by atoms with van der Waals surface area (Å²) in [5.74, 6) is 0.584. The van der Waals surface area contributed by atoms with Crippen LogP contribution in [0.25, 0.3) is 17.2 Å². The molecule has 0 aliphatic carbocycles. The Morgan fingerprint density at radius 1 is 1.09 bits per heavy atom. The fourth-order valence-electron chi connectivity index (χ4n) is 3.27. The van der Waals surface area contributed by atoms with E-state index < -0.39 is 11.2 Å². The van der Waals surface area contributed by atoms with Gasteiger partial charge in [0.15, 0.2) is 5.69 Å².